The van der Waals surface area contributed by atoms with Gasteiger partial charge in [0.25, 0.3) is 0 Å². The summed E-state index contributed by atoms with van der Waals surface area (Å²) >= 11 is 0. The lowest BCUT2D eigenvalue weighted by Crippen LogP contribution is -2.45. The molecule has 1 saturated heterocycles. The standard InChI is InChI=1S/C14H17F3N2.2ClH/c1-2-3-12(19-8-6-18-7-9-19)13-10(15)4-5-11(16)14(13)17;;/h2,4-5,12,18H,1,3,6-9H2;2*1H/t12-;;/m1../s1. The normalized spacial score (nSPS) is 16.5. The van der Waals surface area contributed by atoms with Crippen LogP contribution in [0.3, 0.4) is 0 Å². The maximum Gasteiger partial charge on any atom is 0.166 e. The highest BCUT2D eigenvalue weighted by molar-refractivity contribution is 5.85. The van der Waals surface area contributed by atoms with Gasteiger partial charge in [-0.15, -0.1) is 31.4 Å². The molecule has 1 N–H and O–H groups in total. The van der Waals surface area contributed by atoms with E-state index in [0.717, 1.165) is 25.2 Å². The van der Waals surface area contributed by atoms with Crippen molar-refractivity contribution in [1.29, 1.82) is 0 Å². The van der Waals surface area contributed by atoms with Crippen molar-refractivity contribution in [2.24, 2.45) is 0 Å². The minimum atomic E-state index is -1.09. The SMILES string of the molecule is C=CC[C@H](c1c(F)ccc(F)c1F)N1CCNCC1.Cl.Cl. The Labute approximate surface area is 135 Å². The Bertz CT molecular complexity index is 466. The molecule has 2 rings (SSSR count). The summed E-state index contributed by atoms with van der Waals surface area (Å²) < 4.78 is 41.1. The Morgan fingerprint density at radius 1 is 1.14 bits per heavy atom. The summed E-state index contributed by atoms with van der Waals surface area (Å²) in [6.45, 7) is 6.48. The van der Waals surface area contributed by atoms with E-state index in [1.54, 1.807) is 6.08 Å². The highest BCUT2D eigenvalue weighted by Crippen LogP contribution is 2.30. The van der Waals surface area contributed by atoms with E-state index in [4.69, 9.17) is 0 Å². The van der Waals surface area contributed by atoms with Crippen molar-refractivity contribution in [1.82, 2.24) is 10.2 Å². The van der Waals surface area contributed by atoms with Gasteiger partial charge in [-0.3, -0.25) is 4.90 Å². The summed E-state index contributed by atoms with van der Waals surface area (Å²) in [6, 6.07) is 1.29. The first-order valence-electron chi connectivity index (χ1n) is 6.34. The lowest BCUT2D eigenvalue weighted by Gasteiger charge is -2.35. The molecular formula is C14H19Cl2F3N2. The summed E-state index contributed by atoms with van der Waals surface area (Å²) in [7, 11) is 0. The first-order valence-corrected chi connectivity index (χ1v) is 6.34. The van der Waals surface area contributed by atoms with Crippen LogP contribution in [-0.2, 0) is 0 Å². The second-order valence-electron chi connectivity index (χ2n) is 4.58. The lowest BCUT2D eigenvalue weighted by atomic mass is 9.99. The number of rotatable bonds is 4. The maximum absolute atomic E-state index is 13.9. The molecule has 1 aliphatic rings. The second kappa shape index (κ2) is 9.30. The quantitative estimate of drug-likeness (QED) is 0.665. The molecule has 7 heteroatoms. The number of nitrogens with one attached hydrogen (secondary N) is 1. The zero-order valence-electron chi connectivity index (χ0n) is 11.4. The van der Waals surface area contributed by atoms with E-state index in [1.165, 1.54) is 0 Å². The predicted octanol–water partition coefficient (Wildman–Crippen LogP) is 3.47. The van der Waals surface area contributed by atoms with E-state index in [0.29, 0.717) is 19.5 Å². The molecule has 21 heavy (non-hydrogen) atoms. The van der Waals surface area contributed by atoms with Gasteiger partial charge in [0.05, 0.1) is 0 Å². The molecule has 0 aliphatic carbocycles. The highest BCUT2D eigenvalue weighted by atomic mass is 35.5. The van der Waals surface area contributed by atoms with Crippen LogP contribution in [-0.4, -0.2) is 31.1 Å². The third kappa shape index (κ3) is 4.61. The van der Waals surface area contributed by atoms with Crippen LogP contribution in [0.1, 0.15) is 18.0 Å². The zero-order valence-corrected chi connectivity index (χ0v) is 13.1. The van der Waals surface area contributed by atoms with Crippen LogP contribution in [0.4, 0.5) is 13.2 Å². The van der Waals surface area contributed by atoms with Crippen LogP contribution in [0.25, 0.3) is 0 Å². The third-order valence-electron chi connectivity index (χ3n) is 3.39. The van der Waals surface area contributed by atoms with E-state index in [9.17, 15) is 13.2 Å². The van der Waals surface area contributed by atoms with Crippen molar-refractivity contribution in [2.75, 3.05) is 26.2 Å². The summed E-state index contributed by atoms with van der Waals surface area (Å²) in [5, 5.41) is 3.17. The van der Waals surface area contributed by atoms with Crippen molar-refractivity contribution in [3.63, 3.8) is 0 Å². The lowest BCUT2D eigenvalue weighted by molar-refractivity contribution is 0.167. The molecule has 0 spiro atoms. The van der Waals surface area contributed by atoms with E-state index in [2.05, 4.69) is 11.9 Å². The fourth-order valence-corrected chi connectivity index (χ4v) is 2.45. The molecule has 2 nitrogen and oxygen atoms in total. The summed E-state index contributed by atoms with van der Waals surface area (Å²) in [5.41, 5.74) is -0.193. The van der Waals surface area contributed by atoms with Crippen LogP contribution >= 0.6 is 24.8 Å². The molecular weight excluding hydrogens is 324 g/mol. The molecule has 1 fully saturated rings. The Morgan fingerprint density at radius 2 is 1.71 bits per heavy atom. The summed E-state index contributed by atoms with van der Waals surface area (Å²) in [5.74, 6) is -2.81. The van der Waals surface area contributed by atoms with Crippen LogP contribution < -0.4 is 5.32 Å². The van der Waals surface area contributed by atoms with Crippen LogP contribution in [0.5, 0.6) is 0 Å². The minimum absolute atomic E-state index is 0. The number of halogens is 5. The predicted molar refractivity (Wildman–Crippen MR) is 82.8 cm³/mol. The summed E-state index contributed by atoms with van der Waals surface area (Å²) in [4.78, 5) is 1.96. The number of nitrogens with zero attached hydrogens (tertiary/aromatic N) is 1. The molecule has 1 heterocycles. The monoisotopic (exact) mass is 342 g/mol. The highest BCUT2D eigenvalue weighted by Gasteiger charge is 2.27. The topological polar surface area (TPSA) is 15.3 Å². The van der Waals surface area contributed by atoms with Gasteiger partial charge in [0.15, 0.2) is 11.6 Å². The first kappa shape index (κ1) is 20.2. The van der Waals surface area contributed by atoms with E-state index in [1.807, 2.05) is 4.90 Å². The van der Waals surface area contributed by atoms with Crippen molar-refractivity contribution >= 4 is 24.8 Å². The number of piperazine rings is 1. The Hall–Kier alpha value is -0.750. The Balaban J connectivity index is 0.00000200. The molecule has 1 aliphatic heterocycles. The number of hydrogen-bond acceptors (Lipinski definition) is 2. The van der Waals surface area contributed by atoms with Crippen LogP contribution in [0.15, 0.2) is 24.8 Å². The van der Waals surface area contributed by atoms with Gasteiger partial charge in [-0.1, -0.05) is 6.08 Å². The average Bonchev–Trinajstić information content (AvgIpc) is 2.43. The van der Waals surface area contributed by atoms with Gasteiger partial charge in [-0.2, -0.15) is 0 Å². The van der Waals surface area contributed by atoms with Crippen molar-refractivity contribution in [3.8, 4) is 0 Å². The van der Waals surface area contributed by atoms with Gasteiger partial charge in [0.2, 0.25) is 0 Å². The molecule has 0 amide bonds. The van der Waals surface area contributed by atoms with E-state index < -0.39 is 23.5 Å². The first-order chi connectivity index (χ1) is 9.15. The smallest absolute Gasteiger partial charge is 0.166 e. The van der Waals surface area contributed by atoms with E-state index in [-0.39, 0.29) is 30.4 Å². The van der Waals surface area contributed by atoms with Gasteiger partial charge in [0.1, 0.15) is 5.82 Å². The molecule has 1 aromatic carbocycles. The Kier molecular flexibility index (Phi) is 8.97. The second-order valence-corrected chi connectivity index (χ2v) is 4.58. The van der Waals surface area contributed by atoms with Crippen LogP contribution in [0.2, 0.25) is 0 Å². The molecule has 0 saturated carbocycles. The molecule has 1 aromatic rings. The molecule has 1 atom stereocenters. The number of benzene rings is 1. The van der Waals surface area contributed by atoms with Gasteiger partial charge < -0.3 is 5.32 Å². The molecule has 0 aromatic heterocycles. The molecule has 0 radical (unpaired) electrons. The number of hydrogen-bond donors (Lipinski definition) is 1. The molecule has 120 valence electrons. The fraction of sp³-hybridized carbons (Fsp3) is 0.429. The van der Waals surface area contributed by atoms with Gasteiger partial charge in [0, 0.05) is 37.8 Å². The zero-order chi connectivity index (χ0) is 13.8. The van der Waals surface area contributed by atoms with Crippen molar-refractivity contribution < 1.29 is 13.2 Å². The summed E-state index contributed by atoms with van der Waals surface area (Å²) in [6.07, 6.45) is 1.99. The maximum atomic E-state index is 13.9. The average molecular weight is 343 g/mol. The Morgan fingerprint density at radius 3 is 2.29 bits per heavy atom. The largest absolute Gasteiger partial charge is 0.314 e. The molecule has 0 unspecified atom stereocenters. The van der Waals surface area contributed by atoms with Crippen molar-refractivity contribution in [2.45, 2.75) is 12.5 Å². The third-order valence-corrected chi connectivity index (χ3v) is 3.39. The van der Waals surface area contributed by atoms with Gasteiger partial charge in [-0.25, -0.2) is 13.2 Å². The van der Waals surface area contributed by atoms with Crippen LogP contribution in [0, 0.1) is 17.5 Å². The van der Waals surface area contributed by atoms with E-state index >= 15 is 0 Å². The minimum Gasteiger partial charge on any atom is -0.314 e. The van der Waals surface area contributed by atoms with Crippen molar-refractivity contribution in [3.05, 3.63) is 47.8 Å². The molecule has 0 bridgehead atoms. The fourth-order valence-electron chi connectivity index (χ4n) is 2.45. The van der Waals surface area contributed by atoms with Gasteiger partial charge in [-0.05, 0) is 18.6 Å². The van der Waals surface area contributed by atoms with Gasteiger partial charge >= 0.3 is 0 Å².